The van der Waals surface area contributed by atoms with Crippen LogP contribution in [0.3, 0.4) is 0 Å². The maximum absolute atomic E-state index is 11.0. The van der Waals surface area contributed by atoms with Crippen molar-refractivity contribution in [2.45, 2.75) is 39.0 Å². The molecule has 80 valence electrons. The van der Waals surface area contributed by atoms with Gasteiger partial charge in [0.05, 0.1) is 0 Å². The fraction of sp³-hybridized carbons (Fsp3) is 1.00. The van der Waals surface area contributed by atoms with E-state index >= 15 is 0 Å². The maximum atomic E-state index is 11.0. The first-order valence-corrected chi connectivity index (χ1v) is 6.18. The van der Waals surface area contributed by atoms with E-state index < -0.39 is 15.5 Å². The summed E-state index contributed by atoms with van der Waals surface area (Å²) in [4.78, 5) is 1.75. The van der Waals surface area contributed by atoms with Crippen LogP contribution in [0.4, 0.5) is 0 Å². The molecule has 1 N–H and O–H groups in total. The highest BCUT2D eigenvalue weighted by molar-refractivity contribution is 7.86. The van der Waals surface area contributed by atoms with Crippen LogP contribution < -0.4 is 0 Å². The van der Waals surface area contributed by atoms with E-state index in [2.05, 4.69) is 0 Å². The fourth-order valence-electron chi connectivity index (χ4n) is 1.40. The lowest BCUT2D eigenvalue weighted by Crippen LogP contribution is -2.40. The molecule has 0 rings (SSSR count). The van der Waals surface area contributed by atoms with Crippen LogP contribution in [0.25, 0.3) is 0 Å². The molecule has 0 radical (unpaired) electrons. The summed E-state index contributed by atoms with van der Waals surface area (Å²) in [5.74, 6) is 0. The van der Waals surface area contributed by atoms with E-state index in [1.165, 1.54) is 0 Å². The van der Waals surface area contributed by atoms with Crippen LogP contribution in [-0.4, -0.2) is 36.3 Å². The van der Waals surface area contributed by atoms with Gasteiger partial charge in [0.25, 0.3) is 10.1 Å². The third-order valence-corrected chi connectivity index (χ3v) is 3.32. The number of hydrogen-bond acceptors (Lipinski definition) is 3. The smallest absolute Gasteiger partial charge is 0.281 e. The minimum absolute atomic E-state index is 0.487. The second-order valence-electron chi connectivity index (χ2n) is 2.98. The molecule has 0 aromatic heterocycles. The number of rotatable bonds is 6. The summed E-state index contributed by atoms with van der Waals surface area (Å²) < 4.78 is 31.0. The predicted molar refractivity (Wildman–Crippen MR) is 53.2 cm³/mol. The summed E-state index contributed by atoms with van der Waals surface area (Å²) in [6, 6.07) is 0. The van der Waals surface area contributed by atoms with Gasteiger partial charge in [0, 0.05) is 0 Å². The van der Waals surface area contributed by atoms with E-state index in [1.807, 2.05) is 20.8 Å². The highest BCUT2D eigenvalue weighted by atomic mass is 32.2. The van der Waals surface area contributed by atoms with Crippen LogP contribution >= 0.6 is 0 Å². The Morgan fingerprint density at radius 3 is 1.92 bits per heavy atom. The fourth-order valence-corrected chi connectivity index (χ4v) is 2.61. The minimum atomic E-state index is -3.92. The first-order valence-electron chi connectivity index (χ1n) is 4.67. The SMILES string of the molecule is CCCC(N(CC)CC)S(=O)(=O)O. The molecule has 0 spiro atoms. The second kappa shape index (κ2) is 5.57. The lowest BCUT2D eigenvalue weighted by Gasteiger charge is -2.26. The van der Waals surface area contributed by atoms with E-state index in [0.29, 0.717) is 19.5 Å². The molecular formula is C8H19NO3S. The van der Waals surface area contributed by atoms with Crippen LogP contribution in [0.2, 0.25) is 0 Å². The quantitative estimate of drug-likeness (QED) is 0.671. The van der Waals surface area contributed by atoms with Gasteiger partial charge in [-0.05, 0) is 19.5 Å². The van der Waals surface area contributed by atoms with E-state index in [9.17, 15) is 8.42 Å². The molecule has 0 aliphatic rings. The summed E-state index contributed by atoms with van der Waals surface area (Å²) >= 11 is 0. The summed E-state index contributed by atoms with van der Waals surface area (Å²) in [5.41, 5.74) is 0. The Labute approximate surface area is 80.7 Å². The molecular weight excluding hydrogens is 190 g/mol. The molecule has 0 bridgehead atoms. The Bertz CT molecular complexity index is 222. The van der Waals surface area contributed by atoms with E-state index in [1.54, 1.807) is 4.90 Å². The molecule has 0 aliphatic carbocycles. The molecule has 0 amide bonds. The molecule has 1 atom stereocenters. The predicted octanol–water partition coefficient (Wildman–Crippen LogP) is 1.34. The highest BCUT2D eigenvalue weighted by Gasteiger charge is 2.26. The molecule has 0 saturated carbocycles. The monoisotopic (exact) mass is 209 g/mol. The van der Waals surface area contributed by atoms with Crippen LogP contribution in [0, 0.1) is 0 Å². The van der Waals surface area contributed by atoms with Crippen molar-refractivity contribution in [1.82, 2.24) is 4.90 Å². The first kappa shape index (κ1) is 12.9. The summed E-state index contributed by atoms with van der Waals surface area (Å²) in [5, 5.41) is -0.729. The first-order chi connectivity index (χ1) is 5.97. The average molecular weight is 209 g/mol. The molecule has 0 saturated heterocycles. The Morgan fingerprint density at radius 2 is 1.69 bits per heavy atom. The van der Waals surface area contributed by atoms with Gasteiger partial charge in [-0.25, -0.2) is 0 Å². The number of nitrogens with zero attached hydrogens (tertiary/aromatic N) is 1. The normalized spacial score (nSPS) is 14.8. The van der Waals surface area contributed by atoms with Gasteiger partial charge >= 0.3 is 0 Å². The van der Waals surface area contributed by atoms with Gasteiger partial charge in [-0.3, -0.25) is 9.45 Å². The molecule has 13 heavy (non-hydrogen) atoms. The Kier molecular flexibility index (Phi) is 5.51. The van der Waals surface area contributed by atoms with E-state index in [4.69, 9.17) is 4.55 Å². The van der Waals surface area contributed by atoms with Crippen molar-refractivity contribution >= 4 is 10.1 Å². The molecule has 1 unspecified atom stereocenters. The molecule has 4 nitrogen and oxygen atoms in total. The Morgan fingerprint density at radius 1 is 1.23 bits per heavy atom. The van der Waals surface area contributed by atoms with Crippen LogP contribution in [0.1, 0.15) is 33.6 Å². The summed E-state index contributed by atoms with van der Waals surface area (Å²) in [6.45, 7) is 6.96. The van der Waals surface area contributed by atoms with Gasteiger partial charge < -0.3 is 0 Å². The molecule has 5 heteroatoms. The molecule has 0 aromatic rings. The Balaban J connectivity index is 4.58. The highest BCUT2D eigenvalue weighted by Crippen LogP contribution is 2.12. The standard InChI is InChI=1S/C8H19NO3S/c1-4-7-8(13(10,11)12)9(5-2)6-3/h8H,4-7H2,1-3H3,(H,10,11,12). The zero-order valence-electron chi connectivity index (χ0n) is 8.52. The summed E-state index contributed by atoms with van der Waals surface area (Å²) in [7, 11) is -3.92. The largest absolute Gasteiger partial charge is 0.286 e. The van der Waals surface area contributed by atoms with E-state index in [-0.39, 0.29) is 0 Å². The van der Waals surface area contributed by atoms with Crippen molar-refractivity contribution in [3.05, 3.63) is 0 Å². The zero-order valence-corrected chi connectivity index (χ0v) is 9.34. The molecule has 0 fully saturated rings. The van der Waals surface area contributed by atoms with Gasteiger partial charge in [0.15, 0.2) is 0 Å². The van der Waals surface area contributed by atoms with Crippen molar-refractivity contribution in [2.75, 3.05) is 13.1 Å². The average Bonchev–Trinajstić information content (AvgIpc) is 2.03. The summed E-state index contributed by atoms with van der Waals surface area (Å²) in [6.07, 6.45) is 1.24. The van der Waals surface area contributed by atoms with Gasteiger partial charge in [-0.1, -0.05) is 27.2 Å². The topological polar surface area (TPSA) is 57.6 Å². The van der Waals surface area contributed by atoms with Gasteiger partial charge in [-0.15, -0.1) is 0 Å². The third-order valence-electron chi connectivity index (χ3n) is 2.10. The van der Waals surface area contributed by atoms with Gasteiger partial charge in [0.2, 0.25) is 0 Å². The Hall–Kier alpha value is -0.130. The van der Waals surface area contributed by atoms with Crippen molar-refractivity contribution in [2.24, 2.45) is 0 Å². The molecule has 0 aromatic carbocycles. The second-order valence-corrected chi connectivity index (χ2v) is 4.55. The van der Waals surface area contributed by atoms with Crippen LogP contribution in [0.5, 0.6) is 0 Å². The lowest BCUT2D eigenvalue weighted by molar-refractivity contribution is 0.249. The minimum Gasteiger partial charge on any atom is -0.286 e. The van der Waals surface area contributed by atoms with Crippen molar-refractivity contribution in [1.29, 1.82) is 0 Å². The number of hydrogen-bond donors (Lipinski definition) is 1. The van der Waals surface area contributed by atoms with E-state index in [0.717, 1.165) is 6.42 Å². The molecule has 0 heterocycles. The van der Waals surface area contributed by atoms with Crippen molar-refractivity contribution in [3.63, 3.8) is 0 Å². The van der Waals surface area contributed by atoms with Crippen LogP contribution in [0.15, 0.2) is 0 Å². The van der Waals surface area contributed by atoms with Crippen molar-refractivity contribution in [3.8, 4) is 0 Å². The zero-order chi connectivity index (χ0) is 10.5. The van der Waals surface area contributed by atoms with Crippen molar-refractivity contribution < 1.29 is 13.0 Å². The van der Waals surface area contributed by atoms with Gasteiger partial charge in [-0.2, -0.15) is 8.42 Å². The maximum Gasteiger partial charge on any atom is 0.281 e. The van der Waals surface area contributed by atoms with Crippen LogP contribution in [-0.2, 0) is 10.1 Å². The molecule has 0 aliphatic heterocycles. The lowest BCUT2D eigenvalue weighted by atomic mass is 10.3. The third kappa shape index (κ3) is 4.06. The van der Waals surface area contributed by atoms with Gasteiger partial charge in [0.1, 0.15) is 5.37 Å².